The first-order chi connectivity index (χ1) is 12.5. The number of aromatic nitrogens is 1. The number of rotatable bonds is 3. The minimum absolute atomic E-state index is 0.0334. The van der Waals surface area contributed by atoms with Gasteiger partial charge in [0.05, 0.1) is 20.9 Å². The summed E-state index contributed by atoms with van der Waals surface area (Å²) >= 11 is 7.68. The second kappa shape index (κ2) is 6.70. The van der Waals surface area contributed by atoms with Gasteiger partial charge in [-0.3, -0.25) is 14.9 Å². The van der Waals surface area contributed by atoms with Crippen molar-refractivity contribution in [3.8, 4) is 0 Å². The summed E-state index contributed by atoms with van der Waals surface area (Å²) in [6, 6.07) is 10.9. The Labute approximate surface area is 159 Å². The molecule has 1 aromatic heterocycles. The Balaban J connectivity index is 1.61. The third kappa shape index (κ3) is 3.06. The van der Waals surface area contributed by atoms with E-state index >= 15 is 0 Å². The number of fused-ring (bicyclic) bond motifs is 1. The van der Waals surface area contributed by atoms with E-state index in [2.05, 4.69) is 10.3 Å². The van der Waals surface area contributed by atoms with Gasteiger partial charge in [-0.1, -0.05) is 35.1 Å². The summed E-state index contributed by atoms with van der Waals surface area (Å²) in [7, 11) is 0. The average Bonchev–Trinajstić information content (AvgIpc) is 3.22. The number of thiazole rings is 1. The van der Waals surface area contributed by atoms with Gasteiger partial charge >= 0.3 is 0 Å². The van der Waals surface area contributed by atoms with E-state index in [1.807, 2.05) is 25.1 Å². The van der Waals surface area contributed by atoms with Crippen LogP contribution < -0.4 is 10.2 Å². The zero-order valence-corrected chi connectivity index (χ0v) is 15.7. The van der Waals surface area contributed by atoms with Crippen molar-refractivity contribution in [3.63, 3.8) is 0 Å². The molecule has 4 rings (SSSR count). The molecule has 7 heteroatoms. The van der Waals surface area contributed by atoms with Crippen LogP contribution in [0, 0.1) is 6.92 Å². The van der Waals surface area contributed by atoms with Crippen molar-refractivity contribution >= 4 is 55.8 Å². The molecule has 26 heavy (non-hydrogen) atoms. The molecule has 0 aliphatic carbocycles. The molecule has 0 saturated carbocycles. The summed E-state index contributed by atoms with van der Waals surface area (Å²) in [6.45, 7) is 2.62. The largest absolute Gasteiger partial charge is 0.311 e. The van der Waals surface area contributed by atoms with Crippen molar-refractivity contribution in [2.45, 2.75) is 19.8 Å². The van der Waals surface area contributed by atoms with Crippen molar-refractivity contribution in [2.24, 2.45) is 0 Å². The molecule has 1 saturated heterocycles. The highest BCUT2D eigenvalue weighted by Crippen LogP contribution is 2.32. The standard InChI is InChI=1S/C19H16ClN3O2S/c1-11-4-2-5-15-17(11)21-19(26-15)22-18(25)12-7-8-13(20)14(10-12)23-9-3-6-16(23)24/h2,4-5,7-8,10H,3,6,9H2,1H3,(H,21,22,25). The van der Waals surface area contributed by atoms with Gasteiger partial charge in [0.2, 0.25) is 5.91 Å². The zero-order valence-electron chi connectivity index (χ0n) is 14.1. The molecule has 1 aliphatic rings. The van der Waals surface area contributed by atoms with Gasteiger partial charge in [0.25, 0.3) is 5.91 Å². The van der Waals surface area contributed by atoms with Gasteiger partial charge in [0.1, 0.15) is 0 Å². The molecule has 3 aromatic rings. The van der Waals surface area contributed by atoms with Crippen LogP contribution in [0.3, 0.4) is 0 Å². The van der Waals surface area contributed by atoms with E-state index in [0.717, 1.165) is 22.2 Å². The minimum atomic E-state index is -0.272. The lowest BCUT2D eigenvalue weighted by atomic mass is 10.1. The maximum absolute atomic E-state index is 12.6. The average molecular weight is 386 g/mol. The Morgan fingerprint density at radius 3 is 2.88 bits per heavy atom. The Morgan fingerprint density at radius 2 is 2.15 bits per heavy atom. The maximum Gasteiger partial charge on any atom is 0.257 e. The normalized spacial score (nSPS) is 14.2. The number of halogens is 1. The molecule has 0 radical (unpaired) electrons. The van der Waals surface area contributed by atoms with E-state index < -0.39 is 0 Å². The molecule has 0 atom stereocenters. The lowest BCUT2D eigenvalue weighted by molar-refractivity contribution is -0.117. The van der Waals surface area contributed by atoms with Gasteiger partial charge in [0, 0.05) is 18.5 Å². The van der Waals surface area contributed by atoms with Crippen molar-refractivity contribution in [2.75, 3.05) is 16.8 Å². The summed E-state index contributed by atoms with van der Waals surface area (Å²) < 4.78 is 1.03. The fourth-order valence-corrected chi connectivity index (χ4v) is 4.23. The Hall–Kier alpha value is -2.44. The molecule has 132 valence electrons. The Morgan fingerprint density at radius 1 is 1.31 bits per heavy atom. The number of nitrogens with zero attached hydrogens (tertiary/aromatic N) is 2. The van der Waals surface area contributed by atoms with E-state index in [1.165, 1.54) is 11.3 Å². The van der Waals surface area contributed by atoms with Gasteiger partial charge in [-0.2, -0.15) is 0 Å². The predicted octanol–water partition coefficient (Wildman–Crippen LogP) is 4.64. The molecule has 2 amide bonds. The summed E-state index contributed by atoms with van der Waals surface area (Å²) in [6.07, 6.45) is 1.31. The molecule has 1 aliphatic heterocycles. The second-order valence-electron chi connectivity index (χ2n) is 6.21. The number of para-hydroxylation sites is 1. The molecular formula is C19H16ClN3O2S. The van der Waals surface area contributed by atoms with Gasteiger partial charge < -0.3 is 4.90 Å². The van der Waals surface area contributed by atoms with Crippen LogP contribution in [0.5, 0.6) is 0 Å². The van der Waals surface area contributed by atoms with Gasteiger partial charge in [-0.25, -0.2) is 4.98 Å². The first kappa shape index (κ1) is 17.0. The third-order valence-electron chi connectivity index (χ3n) is 4.41. The number of hydrogen-bond donors (Lipinski definition) is 1. The molecule has 2 aromatic carbocycles. The van der Waals surface area contributed by atoms with E-state index in [1.54, 1.807) is 23.1 Å². The maximum atomic E-state index is 12.6. The van der Waals surface area contributed by atoms with Crippen LogP contribution in [0.4, 0.5) is 10.8 Å². The van der Waals surface area contributed by atoms with Gasteiger partial charge in [-0.15, -0.1) is 0 Å². The monoisotopic (exact) mass is 385 g/mol. The minimum Gasteiger partial charge on any atom is -0.311 e. The molecule has 2 heterocycles. The number of nitrogens with one attached hydrogen (secondary N) is 1. The fourth-order valence-electron chi connectivity index (χ4n) is 3.07. The van der Waals surface area contributed by atoms with Crippen LogP contribution in [0.25, 0.3) is 10.2 Å². The van der Waals surface area contributed by atoms with E-state index in [0.29, 0.717) is 34.4 Å². The first-order valence-electron chi connectivity index (χ1n) is 8.30. The summed E-state index contributed by atoms with van der Waals surface area (Å²) in [5.74, 6) is -0.239. The van der Waals surface area contributed by atoms with E-state index in [4.69, 9.17) is 11.6 Å². The summed E-state index contributed by atoms with van der Waals surface area (Å²) in [5, 5.41) is 3.86. The lowest BCUT2D eigenvalue weighted by Gasteiger charge is -2.18. The second-order valence-corrected chi connectivity index (χ2v) is 7.65. The Bertz CT molecular complexity index is 1030. The highest BCUT2D eigenvalue weighted by atomic mass is 35.5. The molecule has 1 fully saturated rings. The highest BCUT2D eigenvalue weighted by molar-refractivity contribution is 7.22. The van der Waals surface area contributed by atoms with Crippen LogP contribution in [-0.4, -0.2) is 23.3 Å². The highest BCUT2D eigenvalue weighted by Gasteiger charge is 2.24. The summed E-state index contributed by atoms with van der Waals surface area (Å²) in [4.78, 5) is 30.8. The number of anilines is 2. The van der Waals surface area contributed by atoms with Gasteiger partial charge in [0.15, 0.2) is 5.13 Å². The third-order valence-corrected chi connectivity index (χ3v) is 5.67. The van der Waals surface area contributed by atoms with Gasteiger partial charge in [-0.05, 0) is 43.2 Å². The fraction of sp³-hybridized carbons (Fsp3) is 0.211. The molecule has 0 spiro atoms. The summed E-state index contributed by atoms with van der Waals surface area (Å²) in [5.41, 5.74) is 3.00. The number of carbonyl (C=O) groups is 2. The van der Waals surface area contributed by atoms with E-state index in [9.17, 15) is 9.59 Å². The molecule has 5 nitrogen and oxygen atoms in total. The number of amides is 2. The van der Waals surface area contributed by atoms with Crippen LogP contribution in [0.15, 0.2) is 36.4 Å². The van der Waals surface area contributed by atoms with Crippen LogP contribution in [0.1, 0.15) is 28.8 Å². The van der Waals surface area contributed by atoms with Crippen molar-refractivity contribution in [3.05, 3.63) is 52.5 Å². The van der Waals surface area contributed by atoms with Crippen molar-refractivity contribution < 1.29 is 9.59 Å². The van der Waals surface area contributed by atoms with Crippen LogP contribution in [-0.2, 0) is 4.79 Å². The van der Waals surface area contributed by atoms with Crippen molar-refractivity contribution in [1.29, 1.82) is 0 Å². The number of carbonyl (C=O) groups excluding carboxylic acids is 2. The molecule has 0 unspecified atom stereocenters. The molecule has 0 bridgehead atoms. The Kier molecular flexibility index (Phi) is 4.38. The smallest absolute Gasteiger partial charge is 0.257 e. The lowest BCUT2D eigenvalue weighted by Crippen LogP contribution is -2.24. The number of aryl methyl sites for hydroxylation is 1. The predicted molar refractivity (Wildman–Crippen MR) is 105 cm³/mol. The van der Waals surface area contributed by atoms with Crippen LogP contribution in [0.2, 0.25) is 5.02 Å². The zero-order chi connectivity index (χ0) is 18.3. The van der Waals surface area contributed by atoms with Crippen LogP contribution >= 0.6 is 22.9 Å². The molecule has 1 N–H and O–H groups in total. The SMILES string of the molecule is Cc1cccc2sc(NC(=O)c3ccc(Cl)c(N4CCCC4=O)c3)nc12. The molecular weight excluding hydrogens is 370 g/mol. The van der Waals surface area contributed by atoms with Crippen molar-refractivity contribution in [1.82, 2.24) is 4.98 Å². The number of hydrogen-bond acceptors (Lipinski definition) is 4. The van der Waals surface area contributed by atoms with E-state index in [-0.39, 0.29) is 11.8 Å². The topological polar surface area (TPSA) is 62.3 Å². The first-order valence-corrected chi connectivity index (χ1v) is 9.50. The quantitative estimate of drug-likeness (QED) is 0.714. The number of benzene rings is 2.